The van der Waals surface area contributed by atoms with Crippen molar-refractivity contribution < 1.29 is 33.4 Å². The monoisotopic (exact) mass is 491 g/mol. The van der Waals surface area contributed by atoms with Crippen LogP contribution in [-0.2, 0) is 30.4 Å². The molecule has 1 heterocycles. The van der Waals surface area contributed by atoms with Gasteiger partial charge in [0.25, 0.3) is 0 Å². The zero-order valence-electron chi connectivity index (χ0n) is 21.0. The highest BCUT2D eigenvalue weighted by Crippen LogP contribution is 2.21. The van der Waals surface area contributed by atoms with Crippen LogP contribution in [-0.4, -0.2) is 66.8 Å². The number of esters is 1. The number of nitrogens with one attached hydrogen (secondary N) is 2. The number of likely N-dealkylation sites (tertiary alicyclic amines) is 1. The molecule has 0 saturated carbocycles. The molecule has 10 nitrogen and oxygen atoms in total. The van der Waals surface area contributed by atoms with Crippen LogP contribution in [0.15, 0.2) is 30.3 Å². The maximum absolute atomic E-state index is 13.2. The highest BCUT2D eigenvalue weighted by atomic mass is 16.6. The van der Waals surface area contributed by atoms with Gasteiger partial charge in [0.2, 0.25) is 5.91 Å². The summed E-state index contributed by atoms with van der Waals surface area (Å²) in [6.07, 6.45) is 1.41. The van der Waals surface area contributed by atoms with Gasteiger partial charge in [-0.1, -0.05) is 30.3 Å². The minimum atomic E-state index is -0.861. The largest absolute Gasteiger partial charge is 0.467 e. The van der Waals surface area contributed by atoms with Gasteiger partial charge in [-0.05, 0) is 58.4 Å². The highest BCUT2D eigenvalue weighted by molar-refractivity contribution is 5.90. The lowest BCUT2D eigenvalue weighted by Gasteiger charge is -2.29. The third-order valence-electron chi connectivity index (χ3n) is 5.40. The summed E-state index contributed by atoms with van der Waals surface area (Å²) < 4.78 is 15.3. The van der Waals surface area contributed by atoms with Gasteiger partial charge >= 0.3 is 18.2 Å². The molecule has 1 aliphatic rings. The molecule has 2 rings (SSSR count). The summed E-state index contributed by atoms with van der Waals surface area (Å²) in [5.74, 6) is -0.816. The fourth-order valence-electron chi connectivity index (χ4n) is 3.76. The van der Waals surface area contributed by atoms with E-state index < -0.39 is 35.8 Å². The Morgan fingerprint density at radius 2 is 1.80 bits per heavy atom. The normalized spacial score (nSPS) is 16.2. The molecule has 3 amide bonds. The van der Waals surface area contributed by atoms with E-state index in [9.17, 15) is 19.2 Å². The van der Waals surface area contributed by atoms with Crippen LogP contribution in [0.3, 0.4) is 0 Å². The number of amides is 3. The van der Waals surface area contributed by atoms with E-state index in [1.54, 1.807) is 20.8 Å². The van der Waals surface area contributed by atoms with Gasteiger partial charge in [-0.15, -0.1) is 0 Å². The van der Waals surface area contributed by atoms with Crippen molar-refractivity contribution in [1.82, 2.24) is 15.5 Å². The van der Waals surface area contributed by atoms with E-state index in [0.29, 0.717) is 45.2 Å². The predicted octanol–water partition coefficient (Wildman–Crippen LogP) is 3.14. The van der Waals surface area contributed by atoms with Gasteiger partial charge in [-0.2, -0.15) is 0 Å². The molecule has 35 heavy (non-hydrogen) atoms. The molecule has 10 heteroatoms. The van der Waals surface area contributed by atoms with E-state index in [1.165, 1.54) is 12.0 Å². The van der Waals surface area contributed by atoms with Crippen LogP contribution in [0.1, 0.15) is 58.4 Å². The van der Waals surface area contributed by atoms with Gasteiger partial charge in [0, 0.05) is 13.1 Å². The molecule has 1 fully saturated rings. The van der Waals surface area contributed by atoms with Crippen molar-refractivity contribution in [1.29, 1.82) is 0 Å². The first-order valence-corrected chi connectivity index (χ1v) is 11.9. The van der Waals surface area contributed by atoms with Crippen molar-refractivity contribution in [3.8, 4) is 0 Å². The Bertz CT molecular complexity index is 854. The van der Waals surface area contributed by atoms with Crippen LogP contribution in [0.5, 0.6) is 0 Å². The van der Waals surface area contributed by atoms with Crippen LogP contribution in [0.25, 0.3) is 0 Å². The molecule has 1 aromatic carbocycles. The maximum Gasteiger partial charge on any atom is 0.408 e. The molecule has 194 valence electrons. The number of carbonyl (C=O) groups excluding carboxylic acids is 4. The first-order valence-electron chi connectivity index (χ1n) is 11.9. The molecule has 2 atom stereocenters. The zero-order chi connectivity index (χ0) is 25.8. The van der Waals surface area contributed by atoms with Crippen molar-refractivity contribution in [2.75, 3.05) is 20.2 Å². The van der Waals surface area contributed by atoms with Gasteiger partial charge < -0.3 is 29.7 Å². The number of rotatable bonds is 10. The standard InChI is InChI=1S/C25H37N3O7/c1-25(2,3)35-24(32)27-19(21(29)28-16-10-14-20(28)22(30)33-4)13-8-9-15-26-23(31)34-17-18-11-6-5-7-12-18/h5-7,11-12,19-20H,8-10,13-17H2,1-4H3,(H,26,31)(H,27,32)/t19-,20-/m0/s1. The predicted molar refractivity (Wildman–Crippen MR) is 128 cm³/mol. The van der Waals surface area contributed by atoms with Crippen LogP contribution in [0, 0.1) is 0 Å². The molecule has 0 aliphatic carbocycles. The van der Waals surface area contributed by atoms with Crippen molar-refractivity contribution >= 4 is 24.1 Å². The maximum atomic E-state index is 13.2. The Morgan fingerprint density at radius 3 is 2.46 bits per heavy atom. The molecule has 0 aromatic heterocycles. The molecule has 0 unspecified atom stereocenters. The number of carbonyl (C=O) groups is 4. The lowest BCUT2D eigenvalue weighted by Crippen LogP contribution is -2.52. The number of nitrogens with zero attached hydrogens (tertiary/aromatic N) is 1. The fourth-order valence-corrected chi connectivity index (χ4v) is 3.76. The summed E-state index contributed by atoms with van der Waals surface area (Å²) in [7, 11) is 1.29. The number of ether oxygens (including phenoxy) is 3. The number of benzene rings is 1. The van der Waals surface area contributed by atoms with E-state index in [1.807, 2.05) is 30.3 Å². The summed E-state index contributed by atoms with van der Waals surface area (Å²) in [6.45, 7) is 6.16. The number of hydrogen-bond donors (Lipinski definition) is 2. The Kier molecular flexibility index (Phi) is 10.8. The second kappa shape index (κ2) is 13.6. The first kappa shape index (κ1) is 27.9. The average molecular weight is 492 g/mol. The molecule has 2 N–H and O–H groups in total. The van der Waals surface area contributed by atoms with E-state index in [-0.39, 0.29) is 12.5 Å². The lowest BCUT2D eigenvalue weighted by molar-refractivity contribution is -0.151. The smallest absolute Gasteiger partial charge is 0.408 e. The van der Waals surface area contributed by atoms with Gasteiger partial charge in [0.1, 0.15) is 24.3 Å². The summed E-state index contributed by atoms with van der Waals surface area (Å²) in [6, 6.07) is 7.85. The molecule has 0 bridgehead atoms. The third-order valence-corrected chi connectivity index (χ3v) is 5.40. The summed E-state index contributed by atoms with van der Waals surface area (Å²) in [5, 5.41) is 5.33. The average Bonchev–Trinajstić information content (AvgIpc) is 3.30. The van der Waals surface area contributed by atoms with Crippen molar-refractivity contribution in [2.45, 2.75) is 77.2 Å². The van der Waals surface area contributed by atoms with E-state index in [4.69, 9.17) is 14.2 Å². The quantitative estimate of drug-likeness (QED) is 0.293. The van der Waals surface area contributed by atoms with Crippen LogP contribution in [0.2, 0.25) is 0 Å². The molecule has 0 radical (unpaired) electrons. The zero-order valence-corrected chi connectivity index (χ0v) is 21.0. The number of hydrogen-bond acceptors (Lipinski definition) is 7. The second-order valence-electron chi connectivity index (χ2n) is 9.40. The molecule has 1 aromatic rings. The second-order valence-corrected chi connectivity index (χ2v) is 9.40. The van der Waals surface area contributed by atoms with E-state index >= 15 is 0 Å². The Balaban J connectivity index is 1.86. The van der Waals surface area contributed by atoms with E-state index in [2.05, 4.69) is 10.6 Å². The summed E-state index contributed by atoms with van der Waals surface area (Å²) in [5.41, 5.74) is 0.175. The van der Waals surface area contributed by atoms with E-state index in [0.717, 1.165) is 5.56 Å². The molecule has 1 saturated heterocycles. The number of alkyl carbamates (subject to hydrolysis) is 2. The van der Waals surface area contributed by atoms with Gasteiger partial charge in [-0.3, -0.25) is 4.79 Å². The SMILES string of the molecule is COC(=O)[C@@H]1CCCN1C(=O)[C@H](CCCCNC(=O)OCc1ccccc1)NC(=O)OC(C)(C)C. The Labute approximate surface area is 206 Å². The molecule has 1 aliphatic heterocycles. The molecule has 0 spiro atoms. The minimum Gasteiger partial charge on any atom is -0.467 e. The minimum absolute atomic E-state index is 0.181. The Morgan fingerprint density at radius 1 is 1.09 bits per heavy atom. The first-order chi connectivity index (χ1) is 16.6. The number of unbranched alkanes of at least 4 members (excludes halogenated alkanes) is 1. The topological polar surface area (TPSA) is 123 Å². The summed E-state index contributed by atoms with van der Waals surface area (Å²) in [4.78, 5) is 51.0. The molecular weight excluding hydrogens is 454 g/mol. The van der Waals surface area contributed by atoms with Gasteiger partial charge in [0.15, 0.2) is 0 Å². The van der Waals surface area contributed by atoms with Crippen molar-refractivity contribution in [3.63, 3.8) is 0 Å². The third kappa shape index (κ3) is 9.84. The lowest BCUT2D eigenvalue weighted by atomic mass is 10.1. The highest BCUT2D eigenvalue weighted by Gasteiger charge is 2.38. The molecular formula is C25H37N3O7. The van der Waals surface area contributed by atoms with Crippen molar-refractivity contribution in [2.24, 2.45) is 0 Å². The van der Waals surface area contributed by atoms with Crippen LogP contribution in [0.4, 0.5) is 9.59 Å². The fraction of sp³-hybridized carbons (Fsp3) is 0.600. The summed E-state index contributed by atoms with van der Waals surface area (Å²) >= 11 is 0. The van der Waals surface area contributed by atoms with Gasteiger partial charge in [-0.25, -0.2) is 14.4 Å². The van der Waals surface area contributed by atoms with Crippen LogP contribution >= 0.6 is 0 Å². The Hall–Kier alpha value is -3.30. The van der Waals surface area contributed by atoms with Crippen LogP contribution < -0.4 is 10.6 Å². The van der Waals surface area contributed by atoms with Gasteiger partial charge in [0.05, 0.1) is 7.11 Å². The van der Waals surface area contributed by atoms with Crippen molar-refractivity contribution in [3.05, 3.63) is 35.9 Å². The number of methoxy groups -OCH3 is 1.